The molecule has 0 fully saturated rings. The molecule has 1 aliphatic rings. The van der Waals surface area contributed by atoms with E-state index in [1.165, 1.54) is 0 Å². The van der Waals surface area contributed by atoms with Crippen LogP contribution in [0.1, 0.15) is 36.2 Å². The lowest BCUT2D eigenvalue weighted by atomic mass is 9.93. The second-order valence-electron chi connectivity index (χ2n) is 5.67. The van der Waals surface area contributed by atoms with Crippen LogP contribution in [0.4, 0.5) is 5.69 Å². The molecule has 1 aromatic carbocycles. The van der Waals surface area contributed by atoms with Crippen molar-refractivity contribution in [3.05, 3.63) is 29.3 Å². The average Bonchev–Trinajstić information content (AvgIpc) is 2.43. The number of aromatic carboxylic acids is 1. The zero-order valence-electron chi connectivity index (χ0n) is 12.4. The summed E-state index contributed by atoms with van der Waals surface area (Å²) in [6.07, 6.45) is 1.83. The van der Waals surface area contributed by atoms with Crippen LogP contribution in [-0.4, -0.2) is 37.4 Å². The number of benzene rings is 1. The molecule has 0 aromatic heterocycles. The Morgan fingerprint density at radius 1 is 1.45 bits per heavy atom. The fourth-order valence-corrected chi connectivity index (χ4v) is 3.01. The molecule has 2 rings (SSSR count). The number of anilines is 1. The lowest BCUT2D eigenvalue weighted by Crippen LogP contribution is -2.45. The summed E-state index contributed by atoms with van der Waals surface area (Å²) in [6, 6.07) is 5.85. The van der Waals surface area contributed by atoms with Gasteiger partial charge in [-0.25, -0.2) is 4.79 Å². The molecule has 110 valence electrons. The molecule has 0 bridgehead atoms. The summed E-state index contributed by atoms with van der Waals surface area (Å²) in [6.45, 7) is 5.98. The number of methoxy groups -OCH3 is 1. The first-order chi connectivity index (χ1) is 9.56. The third-order valence-corrected chi connectivity index (χ3v) is 4.02. The monoisotopic (exact) mass is 277 g/mol. The maximum absolute atomic E-state index is 11.4. The normalized spacial score (nSPS) is 16.1. The molecule has 0 radical (unpaired) electrons. The van der Waals surface area contributed by atoms with E-state index < -0.39 is 5.97 Å². The van der Waals surface area contributed by atoms with Gasteiger partial charge in [0.2, 0.25) is 0 Å². The topological polar surface area (TPSA) is 49.8 Å². The molecule has 0 saturated heterocycles. The van der Waals surface area contributed by atoms with Gasteiger partial charge in [-0.2, -0.15) is 0 Å². The Labute approximate surface area is 120 Å². The van der Waals surface area contributed by atoms with E-state index >= 15 is 0 Å². The molecule has 20 heavy (non-hydrogen) atoms. The Balaban J connectivity index is 2.41. The van der Waals surface area contributed by atoms with Gasteiger partial charge in [0.25, 0.3) is 0 Å². The minimum absolute atomic E-state index is 0.281. The molecule has 1 aliphatic heterocycles. The van der Waals surface area contributed by atoms with E-state index in [-0.39, 0.29) is 6.04 Å². The number of carbonyl (C=O) groups is 1. The third kappa shape index (κ3) is 2.80. The molecule has 4 heteroatoms. The molecular weight excluding hydrogens is 254 g/mol. The van der Waals surface area contributed by atoms with Crippen LogP contribution in [0, 0.1) is 5.92 Å². The first-order valence-electron chi connectivity index (χ1n) is 7.17. The van der Waals surface area contributed by atoms with Crippen molar-refractivity contribution in [2.45, 2.75) is 32.7 Å². The van der Waals surface area contributed by atoms with E-state index in [0.717, 1.165) is 30.6 Å². The van der Waals surface area contributed by atoms with Gasteiger partial charge in [0, 0.05) is 19.3 Å². The summed E-state index contributed by atoms with van der Waals surface area (Å²) in [5.41, 5.74) is 2.46. The number of ether oxygens (including phenoxy) is 1. The highest BCUT2D eigenvalue weighted by Crippen LogP contribution is 2.33. The van der Waals surface area contributed by atoms with Crippen LogP contribution in [-0.2, 0) is 11.2 Å². The van der Waals surface area contributed by atoms with Gasteiger partial charge in [-0.1, -0.05) is 19.9 Å². The molecule has 1 N–H and O–H groups in total. The van der Waals surface area contributed by atoms with Crippen LogP contribution in [0.3, 0.4) is 0 Å². The summed E-state index contributed by atoms with van der Waals surface area (Å²) < 4.78 is 5.35. The van der Waals surface area contributed by atoms with Crippen molar-refractivity contribution in [2.24, 2.45) is 5.92 Å². The summed E-state index contributed by atoms with van der Waals surface area (Å²) in [4.78, 5) is 13.7. The van der Waals surface area contributed by atoms with Crippen molar-refractivity contribution in [3.63, 3.8) is 0 Å². The number of carboxylic acid groups (broad SMARTS) is 1. The number of nitrogens with zero attached hydrogens (tertiary/aromatic N) is 1. The number of hydrogen-bond donors (Lipinski definition) is 1. The van der Waals surface area contributed by atoms with Crippen LogP contribution in [0.2, 0.25) is 0 Å². The Morgan fingerprint density at radius 3 is 2.80 bits per heavy atom. The molecule has 1 heterocycles. The Kier molecular flexibility index (Phi) is 4.65. The van der Waals surface area contributed by atoms with Gasteiger partial charge in [0.05, 0.1) is 18.2 Å². The van der Waals surface area contributed by atoms with Crippen LogP contribution < -0.4 is 4.90 Å². The molecule has 1 unspecified atom stereocenters. The van der Waals surface area contributed by atoms with Crippen molar-refractivity contribution in [3.8, 4) is 0 Å². The van der Waals surface area contributed by atoms with Crippen molar-refractivity contribution in [2.75, 3.05) is 25.2 Å². The molecule has 0 aliphatic carbocycles. The Hall–Kier alpha value is -1.55. The second-order valence-corrected chi connectivity index (χ2v) is 5.67. The van der Waals surface area contributed by atoms with Gasteiger partial charge < -0.3 is 14.7 Å². The molecule has 0 saturated carbocycles. The predicted octanol–water partition coefficient (Wildman–Crippen LogP) is 2.81. The lowest BCUT2D eigenvalue weighted by Gasteiger charge is -2.40. The van der Waals surface area contributed by atoms with E-state index in [9.17, 15) is 9.90 Å². The summed E-state index contributed by atoms with van der Waals surface area (Å²) in [5, 5.41) is 9.34. The predicted molar refractivity (Wildman–Crippen MR) is 79.6 cm³/mol. The highest BCUT2D eigenvalue weighted by molar-refractivity contribution is 5.91. The van der Waals surface area contributed by atoms with Gasteiger partial charge in [0.15, 0.2) is 0 Å². The van der Waals surface area contributed by atoms with Gasteiger partial charge in [0.1, 0.15) is 0 Å². The molecule has 1 atom stereocenters. The van der Waals surface area contributed by atoms with Gasteiger partial charge >= 0.3 is 5.97 Å². The number of fused-ring (bicyclic) bond motifs is 1. The van der Waals surface area contributed by atoms with E-state index in [1.54, 1.807) is 13.2 Å². The van der Waals surface area contributed by atoms with E-state index in [0.29, 0.717) is 18.1 Å². The maximum Gasteiger partial charge on any atom is 0.336 e. The molecular formula is C16H23NO3. The SMILES string of the molecule is COCC(C(C)C)N1CCCc2c(C(=O)O)cccc21. The third-order valence-electron chi connectivity index (χ3n) is 4.02. The minimum Gasteiger partial charge on any atom is -0.478 e. The molecule has 0 spiro atoms. The van der Waals surface area contributed by atoms with Crippen LogP contribution >= 0.6 is 0 Å². The average molecular weight is 277 g/mol. The van der Waals surface area contributed by atoms with E-state index in [4.69, 9.17) is 4.74 Å². The fraction of sp³-hybridized carbons (Fsp3) is 0.562. The van der Waals surface area contributed by atoms with E-state index in [1.807, 2.05) is 12.1 Å². The van der Waals surface area contributed by atoms with Crippen molar-refractivity contribution < 1.29 is 14.6 Å². The lowest BCUT2D eigenvalue weighted by molar-refractivity contribution is 0.0695. The zero-order chi connectivity index (χ0) is 14.7. The zero-order valence-corrected chi connectivity index (χ0v) is 12.4. The van der Waals surface area contributed by atoms with Gasteiger partial charge in [-0.15, -0.1) is 0 Å². The smallest absolute Gasteiger partial charge is 0.336 e. The van der Waals surface area contributed by atoms with Crippen LogP contribution in [0.5, 0.6) is 0 Å². The highest BCUT2D eigenvalue weighted by atomic mass is 16.5. The van der Waals surface area contributed by atoms with Crippen LogP contribution in [0.25, 0.3) is 0 Å². The van der Waals surface area contributed by atoms with Gasteiger partial charge in [-0.3, -0.25) is 0 Å². The van der Waals surface area contributed by atoms with Crippen LogP contribution in [0.15, 0.2) is 18.2 Å². The second kappa shape index (κ2) is 6.27. The molecule has 0 amide bonds. The number of carboxylic acids is 1. The van der Waals surface area contributed by atoms with E-state index in [2.05, 4.69) is 18.7 Å². The minimum atomic E-state index is -0.837. The molecule has 1 aromatic rings. The Morgan fingerprint density at radius 2 is 2.20 bits per heavy atom. The first kappa shape index (κ1) is 14.9. The van der Waals surface area contributed by atoms with Crippen molar-refractivity contribution in [1.82, 2.24) is 0 Å². The largest absolute Gasteiger partial charge is 0.478 e. The summed E-state index contributed by atoms with van der Waals surface area (Å²) in [7, 11) is 1.72. The first-order valence-corrected chi connectivity index (χ1v) is 7.17. The maximum atomic E-state index is 11.4. The fourth-order valence-electron chi connectivity index (χ4n) is 3.01. The quantitative estimate of drug-likeness (QED) is 0.899. The van der Waals surface area contributed by atoms with Crippen molar-refractivity contribution >= 4 is 11.7 Å². The highest BCUT2D eigenvalue weighted by Gasteiger charge is 2.28. The number of rotatable bonds is 5. The number of hydrogen-bond acceptors (Lipinski definition) is 3. The molecule has 4 nitrogen and oxygen atoms in total. The summed E-state index contributed by atoms with van der Waals surface area (Å²) >= 11 is 0. The standard InChI is InChI=1S/C16H23NO3/c1-11(2)15(10-20-3)17-9-5-7-12-13(16(18)19)6-4-8-14(12)17/h4,6,8,11,15H,5,7,9-10H2,1-3H3,(H,18,19). The Bertz CT molecular complexity index is 485. The van der Waals surface area contributed by atoms with Gasteiger partial charge in [-0.05, 0) is 36.5 Å². The summed E-state index contributed by atoms with van der Waals surface area (Å²) in [5.74, 6) is -0.383. The van der Waals surface area contributed by atoms with Crippen molar-refractivity contribution in [1.29, 1.82) is 0 Å².